The molecule has 0 aliphatic carbocycles. The maximum atomic E-state index is 11.0. The first kappa shape index (κ1) is 16.6. The number of hydrogen-bond acceptors (Lipinski definition) is 4. The first-order valence-electron chi connectivity index (χ1n) is 6.60. The van der Waals surface area contributed by atoms with Crippen LogP contribution in [0, 0.1) is 6.92 Å². The van der Waals surface area contributed by atoms with E-state index in [1.165, 1.54) is 0 Å². The molecular formula is C15H23NO4. The number of carboxylic acids is 1. The molecule has 0 saturated heterocycles. The monoisotopic (exact) mass is 281 g/mol. The fourth-order valence-corrected chi connectivity index (χ4v) is 1.97. The largest absolute Gasteiger partial charge is 0.481 e. The number of carboxylic acid groups (broad SMARTS) is 1. The number of nitrogens with one attached hydrogen (secondary N) is 1. The highest BCUT2D eigenvalue weighted by Gasteiger charge is 2.29. The summed E-state index contributed by atoms with van der Waals surface area (Å²) in [4.78, 5) is 11.0. The maximum absolute atomic E-state index is 11.0. The van der Waals surface area contributed by atoms with E-state index in [9.17, 15) is 15.0 Å². The zero-order valence-corrected chi connectivity index (χ0v) is 12.1. The average molecular weight is 281 g/mol. The van der Waals surface area contributed by atoms with Gasteiger partial charge in [-0.2, -0.15) is 0 Å². The molecule has 0 fully saturated rings. The zero-order valence-electron chi connectivity index (χ0n) is 12.1. The molecule has 0 radical (unpaired) electrons. The van der Waals surface area contributed by atoms with Gasteiger partial charge in [0.05, 0.1) is 19.1 Å². The van der Waals surface area contributed by atoms with Crippen molar-refractivity contribution < 1.29 is 20.1 Å². The molecule has 0 aliphatic heterocycles. The molecule has 1 rings (SSSR count). The Hall–Kier alpha value is -1.43. The van der Waals surface area contributed by atoms with Crippen molar-refractivity contribution in [3.63, 3.8) is 0 Å². The minimum absolute atomic E-state index is 0.149. The molecule has 0 saturated carbocycles. The first-order valence-corrected chi connectivity index (χ1v) is 6.60. The van der Waals surface area contributed by atoms with Crippen LogP contribution in [0.2, 0.25) is 0 Å². The summed E-state index contributed by atoms with van der Waals surface area (Å²) in [5.41, 5.74) is 1.06. The van der Waals surface area contributed by atoms with E-state index >= 15 is 0 Å². The van der Waals surface area contributed by atoms with Crippen molar-refractivity contribution in [2.24, 2.45) is 0 Å². The third-order valence-electron chi connectivity index (χ3n) is 3.17. The van der Waals surface area contributed by atoms with Gasteiger partial charge in [0, 0.05) is 11.6 Å². The van der Waals surface area contributed by atoms with Crippen LogP contribution < -0.4 is 5.32 Å². The second-order valence-electron chi connectivity index (χ2n) is 5.75. The molecule has 1 aromatic carbocycles. The molecule has 20 heavy (non-hydrogen) atoms. The summed E-state index contributed by atoms with van der Waals surface area (Å²) in [5.74, 6) is -0.998. The van der Waals surface area contributed by atoms with Gasteiger partial charge in [-0.25, -0.2) is 0 Å². The van der Waals surface area contributed by atoms with Gasteiger partial charge in [0.1, 0.15) is 0 Å². The molecule has 1 aromatic rings. The highest BCUT2D eigenvalue weighted by Crippen LogP contribution is 2.21. The Morgan fingerprint density at radius 2 is 1.85 bits per heavy atom. The fraction of sp³-hybridized carbons (Fsp3) is 0.533. The van der Waals surface area contributed by atoms with E-state index in [2.05, 4.69) is 5.32 Å². The number of benzene rings is 1. The van der Waals surface area contributed by atoms with Crippen molar-refractivity contribution in [3.8, 4) is 0 Å². The van der Waals surface area contributed by atoms with Crippen LogP contribution in [0.15, 0.2) is 24.3 Å². The summed E-state index contributed by atoms with van der Waals surface area (Å²) >= 11 is 0. The SMILES string of the molecule is Cc1ccc(C(O)C(CC(=O)O)NC(C)(C)CO)cc1. The molecule has 112 valence electrons. The molecule has 4 N–H and O–H groups in total. The van der Waals surface area contributed by atoms with E-state index in [-0.39, 0.29) is 13.0 Å². The predicted octanol–water partition coefficient (Wildman–Crippen LogP) is 1.23. The van der Waals surface area contributed by atoms with Crippen molar-refractivity contribution >= 4 is 5.97 Å². The lowest BCUT2D eigenvalue weighted by atomic mass is 9.95. The molecule has 5 nitrogen and oxygen atoms in total. The topological polar surface area (TPSA) is 89.8 Å². The van der Waals surface area contributed by atoms with Crippen molar-refractivity contribution in [2.45, 2.75) is 44.9 Å². The number of aliphatic hydroxyl groups is 2. The Balaban J connectivity index is 2.91. The molecule has 2 unspecified atom stereocenters. The van der Waals surface area contributed by atoms with E-state index in [0.29, 0.717) is 5.56 Å². The molecular weight excluding hydrogens is 258 g/mol. The number of aliphatic carboxylic acids is 1. The van der Waals surface area contributed by atoms with Gasteiger partial charge >= 0.3 is 5.97 Å². The lowest BCUT2D eigenvalue weighted by Crippen LogP contribution is -2.51. The summed E-state index contributed by atoms with van der Waals surface area (Å²) in [7, 11) is 0. The van der Waals surface area contributed by atoms with E-state index in [1.807, 2.05) is 19.1 Å². The van der Waals surface area contributed by atoms with Crippen LogP contribution >= 0.6 is 0 Å². The molecule has 0 bridgehead atoms. The summed E-state index contributed by atoms with van der Waals surface area (Å²) in [5, 5.41) is 31.6. The normalized spacial score (nSPS) is 14.8. The molecule has 0 spiro atoms. The Kier molecular flexibility index (Phi) is 5.68. The molecule has 5 heteroatoms. The quantitative estimate of drug-likeness (QED) is 0.603. The molecule has 2 atom stereocenters. The number of aliphatic hydroxyl groups excluding tert-OH is 2. The summed E-state index contributed by atoms with van der Waals surface area (Å²) in [6.07, 6.45) is -1.17. The average Bonchev–Trinajstić information content (AvgIpc) is 2.37. The Bertz CT molecular complexity index is 442. The second kappa shape index (κ2) is 6.83. The highest BCUT2D eigenvalue weighted by molar-refractivity contribution is 5.67. The van der Waals surface area contributed by atoms with Crippen molar-refractivity contribution in [2.75, 3.05) is 6.61 Å². The van der Waals surface area contributed by atoms with Crippen LogP contribution in [0.5, 0.6) is 0 Å². The molecule has 0 amide bonds. The van der Waals surface area contributed by atoms with E-state index < -0.39 is 23.7 Å². The standard InChI is InChI=1S/C15H23NO4/c1-10-4-6-11(7-5-10)14(20)12(8-13(18)19)16-15(2,3)9-17/h4-7,12,14,16-17,20H,8-9H2,1-3H3,(H,18,19). The van der Waals surface area contributed by atoms with E-state index in [1.54, 1.807) is 26.0 Å². The summed E-state index contributed by atoms with van der Waals surface area (Å²) in [6, 6.07) is 6.63. The van der Waals surface area contributed by atoms with Gasteiger partial charge in [0.2, 0.25) is 0 Å². The molecule has 0 aliphatic rings. The Morgan fingerprint density at radius 1 is 1.30 bits per heavy atom. The van der Waals surface area contributed by atoms with Gasteiger partial charge in [-0.3, -0.25) is 4.79 Å². The van der Waals surface area contributed by atoms with Gasteiger partial charge < -0.3 is 20.6 Å². The minimum Gasteiger partial charge on any atom is -0.481 e. The van der Waals surface area contributed by atoms with Crippen LogP contribution in [0.1, 0.15) is 37.5 Å². The van der Waals surface area contributed by atoms with Crippen molar-refractivity contribution in [3.05, 3.63) is 35.4 Å². The summed E-state index contributed by atoms with van der Waals surface area (Å²) in [6.45, 7) is 5.30. The van der Waals surface area contributed by atoms with Crippen LogP contribution in [-0.2, 0) is 4.79 Å². The van der Waals surface area contributed by atoms with Crippen LogP contribution in [0.3, 0.4) is 0 Å². The van der Waals surface area contributed by atoms with Gasteiger partial charge in [-0.1, -0.05) is 29.8 Å². The van der Waals surface area contributed by atoms with E-state index in [0.717, 1.165) is 5.56 Å². The number of aryl methyl sites for hydroxylation is 1. The fourth-order valence-electron chi connectivity index (χ4n) is 1.97. The minimum atomic E-state index is -0.998. The number of hydrogen-bond donors (Lipinski definition) is 4. The third-order valence-corrected chi connectivity index (χ3v) is 3.17. The molecule has 0 aromatic heterocycles. The van der Waals surface area contributed by atoms with Gasteiger partial charge in [0.25, 0.3) is 0 Å². The van der Waals surface area contributed by atoms with E-state index in [4.69, 9.17) is 5.11 Å². The lowest BCUT2D eigenvalue weighted by Gasteiger charge is -2.32. The lowest BCUT2D eigenvalue weighted by molar-refractivity contribution is -0.138. The van der Waals surface area contributed by atoms with Crippen LogP contribution in [-0.4, -0.2) is 39.5 Å². The number of rotatable bonds is 7. The van der Waals surface area contributed by atoms with Crippen LogP contribution in [0.25, 0.3) is 0 Å². The predicted molar refractivity (Wildman–Crippen MR) is 76.5 cm³/mol. The van der Waals surface area contributed by atoms with Crippen LogP contribution in [0.4, 0.5) is 0 Å². The van der Waals surface area contributed by atoms with Crippen molar-refractivity contribution in [1.82, 2.24) is 5.32 Å². The highest BCUT2D eigenvalue weighted by atomic mass is 16.4. The second-order valence-corrected chi connectivity index (χ2v) is 5.75. The van der Waals surface area contributed by atoms with Gasteiger partial charge in [0.15, 0.2) is 0 Å². The smallest absolute Gasteiger partial charge is 0.305 e. The Labute approximate surface area is 119 Å². The van der Waals surface area contributed by atoms with Crippen molar-refractivity contribution in [1.29, 1.82) is 0 Å². The first-order chi connectivity index (χ1) is 9.25. The zero-order chi connectivity index (χ0) is 15.3. The summed E-state index contributed by atoms with van der Waals surface area (Å²) < 4.78 is 0. The Morgan fingerprint density at radius 3 is 2.30 bits per heavy atom. The van der Waals surface area contributed by atoms with Gasteiger partial charge in [-0.05, 0) is 26.3 Å². The van der Waals surface area contributed by atoms with Gasteiger partial charge in [-0.15, -0.1) is 0 Å². The molecule has 0 heterocycles. The third kappa shape index (κ3) is 4.92. The number of carbonyl (C=O) groups is 1. The maximum Gasteiger partial charge on any atom is 0.305 e.